The zero-order valence-electron chi connectivity index (χ0n) is 7.60. The third-order valence-corrected chi connectivity index (χ3v) is 0.744. The minimum Gasteiger partial charge on any atom is -0.419 e. The van der Waals surface area contributed by atoms with Gasteiger partial charge in [-0.2, -0.15) is 32.0 Å². The van der Waals surface area contributed by atoms with Crippen LogP contribution in [-0.2, 0) is 22.4 Å². The van der Waals surface area contributed by atoms with E-state index in [1.54, 1.807) is 38.1 Å². The summed E-state index contributed by atoms with van der Waals surface area (Å²) < 4.78 is 0. The maximum atomic E-state index is 5.34. The van der Waals surface area contributed by atoms with E-state index >= 15 is 0 Å². The first-order chi connectivity index (χ1) is 5.39. The van der Waals surface area contributed by atoms with Gasteiger partial charge in [0.25, 0.3) is 0 Å². The van der Waals surface area contributed by atoms with E-state index in [1.807, 2.05) is 0 Å². The molecule has 0 atom stereocenters. The maximum Gasteiger partial charge on any atom is 3.00 e. The molecule has 72 valence electrons. The summed E-state index contributed by atoms with van der Waals surface area (Å²) in [6.07, 6.45) is 0. The van der Waals surface area contributed by atoms with Gasteiger partial charge >= 0.3 is 22.4 Å². The van der Waals surface area contributed by atoms with Gasteiger partial charge in [-0.25, -0.2) is 0 Å². The Labute approximate surface area is 91.9 Å². The van der Waals surface area contributed by atoms with E-state index in [4.69, 9.17) is 5.73 Å². The van der Waals surface area contributed by atoms with Crippen molar-refractivity contribution in [2.75, 3.05) is 5.73 Å². The van der Waals surface area contributed by atoms with E-state index in [9.17, 15) is 0 Å². The van der Waals surface area contributed by atoms with Crippen LogP contribution in [-0.4, -0.2) is 0 Å². The molecule has 0 aliphatic heterocycles. The Bertz CT molecular complexity index is 140. The van der Waals surface area contributed by atoms with Gasteiger partial charge in [-0.15, -0.1) is 12.1 Å². The molecule has 0 aliphatic carbocycles. The molecule has 12 heavy (non-hydrogen) atoms. The summed E-state index contributed by atoms with van der Waals surface area (Å²) in [5.41, 5.74) is 6.13. The van der Waals surface area contributed by atoms with Gasteiger partial charge in [-0.05, 0) is 0 Å². The number of hydrogen-bond acceptors (Lipinski definition) is 1. The van der Waals surface area contributed by atoms with Crippen molar-refractivity contribution in [2.45, 2.75) is 13.8 Å². The van der Waals surface area contributed by atoms with E-state index in [2.05, 4.69) is 19.9 Å². The van der Waals surface area contributed by atoms with E-state index in [1.165, 1.54) is 0 Å². The van der Waals surface area contributed by atoms with Crippen molar-refractivity contribution in [3.63, 3.8) is 0 Å². The quantitative estimate of drug-likeness (QED) is 0.436. The molecule has 1 nitrogen and oxygen atoms in total. The van der Waals surface area contributed by atoms with Crippen LogP contribution in [0.2, 0.25) is 0 Å². The van der Waals surface area contributed by atoms with Crippen LogP contribution in [0, 0.1) is 19.9 Å². The molecule has 1 aromatic rings. The summed E-state index contributed by atoms with van der Waals surface area (Å²) in [4.78, 5) is 0. The Balaban J connectivity index is -0.000000144. The van der Waals surface area contributed by atoms with Crippen molar-refractivity contribution in [3.05, 3.63) is 44.2 Å². The molecule has 0 fully saturated rings. The predicted molar refractivity (Wildman–Crippen MR) is 51.8 cm³/mol. The van der Waals surface area contributed by atoms with Gasteiger partial charge in [-0.1, -0.05) is 5.69 Å². The van der Waals surface area contributed by atoms with E-state index in [0.29, 0.717) is 0 Å². The van der Waals surface area contributed by atoms with Crippen LogP contribution < -0.4 is 5.73 Å². The standard InChI is InChI=1S/C6H6N.2C2H5.Au/c7-6-4-2-1-3-5-6;2*1-2;/h2-5H,7H2;2*1H2,2H3;/q3*-1;+3. The average molecular weight is 347 g/mol. The summed E-state index contributed by atoms with van der Waals surface area (Å²) >= 11 is 0. The summed E-state index contributed by atoms with van der Waals surface area (Å²) in [5.74, 6) is 0. The predicted octanol–water partition coefficient (Wildman–Crippen LogP) is 2.75. The first kappa shape index (κ1) is 17.7. The Hall–Kier alpha value is -0.240. The molecule has 1 aromatic carbocycles. The molecule has 1 rings (SSSR count). The van der Waals surface area contributed by atoms with Gasteiger partial charge < -0.3 is 19.6 Å². The zero-order valence-corrected chi connectivity index (χ0v) is 9.77. The minimum absolute atomic E-state index is 0. The fourth-order valence-corrected chi connectivity index (χ4v) is 0.400. The molecule has 0 unspecified atom stereocenters. The number of nitrogen functional groups attached to an aromatic ring is 1. The molecule has 0 saturated heterocycles. The number of rotatable bonds is 0. The second-order valence-electron chi connectivity index (χ2n) is 1.33. The smallest absolute Gasteiger partial charge is 0.419 e. The van der Waals surface area contributed by atoms with Crippen LogP contribution in [0.1, 0.15) is 13.8 Å². The fraction of sp³-hybridized carbons (Fsp3) is 0.200. The normalized spacial score (nSPS) is 6.00. The van der Waals surface area contributed by atoms with Gasteiger partial charge in [0.15, 0.2) is 0 Å². The number of hydrogen-bond donors (Lipinski definition) is 1. The van der Waals surface area contributed by atoms with Crippen LogP contribution >= 0.6 is 0 Å². The Morgan fingerprint density at radius 1 is 1.08 bits per heavy atom. The van der Waals surface area contributed by atoms with Crippen LogP contribution in [0.25, 0.3) is 0 Å². The second-order valence-corrected chi connectivity index (χ2v) is 1.33. The molecular formula is C10H16AuN. The third kappa shape index (κ3) is 12.4. The molecule has 0 heterocycles. The maximum absolute atomic E-state index is 5.34. The number of benzene rings is 1. The second kappa shape index (κ2) is 17.0. The van der Waals surface area contributed by atoms with Crippen LogP contribution in [0.5, 0.6) is 0 Å². The number of anilines is 1. The fourth-order valence-electron chi connectivity index (χ4n) is 0.400. The molecule has 0 bridgehead atoms. The van der Waals surface area contributed by atoms with Crippen molar-refractivity contribution < 1.29 is 22.4 Å². The summed E-state index contributed by atoms with van der Waals surface area (Å²) in [6, 6.07) is 10.0. The topological polar surface area (TPSA) is 26.0 Å². The molecular weight excluding hydrogens is 331 g/mol. The van der Waals surface area contributed by atoms with E-state index in [-0.39, 0.29) is 22.4 Å². The minimum atomic E-state index is 0. The monoisotopic (exact) mass is 347 g/mol. The number of nitrogens with two attached hydrogens (primary N) is 1. The van der Waals surface area contributed by atoms with Gasteiger partial charge in [0.2, 0.25) is 0 Å². The first-order valence-corrected chi connectivity index (χ1v) is 3.52. The van der Waals surface area contributed by atoms with Crippen LogP contribution in [0.15, 0.2) is 24.3 Å². The zero-order chi connectivity index (χ0) is 9.11. The van der Waals surface area contributed by atoms with Gasteiger partial charge in [0.1, 0.15) is 0 Å². The van der Waals surface area contributed by atoms with Crippen molar-refractivity contribution in [3.8, 4) is 0 Å². The van der Waals surface area contributed by atoms with Crippen LogP contribution in [0.3, 0.4) is 0 Å². The Morgan fingerprint density at radius 3 is 1.58 bits per heavy atom. The van der Waals surface area contributed by atoms with Gasteiger partial charge in [-0.3, -0.25) is 0 Å². The van der Waals surface area contributed by atoms with Crippen LogP contribution in [0.4, 0.5) is 5.69 Å². The van der Waals surface area contributed by atoms with E-state index < -0.39 is 0 Å². The molecule has 0 aliphatic rings. The molecule has 0 aromatic heterocycles. The van der Waals surface area contributed by atoms with Gasteiger partial charge in [0.05, 0.1) is 0 Å². The van der Waals surface area contributed by atoms with Crippen molar-refractivity contribution in [1.82, 2.24) is 0 Å². The van der Waals surface area contributed by atoms with Crippen molar-refractivity contribution >= 4 is 5.69 Å². The summed E-state index contributed by atoms with van der Waals surface area (Å²) in [6.45, 7) is 10.0. The van der Waals surface area contributed by atoms with Gasteiger partial charge in [0, 0.05) is 0 Å². The molecule has 2 heteroatoms. The SMILES string of the molecule is Nc1cc[c-]cc1.[Au+3].[CH2-]C.[CH2-]C. The molecule has 0 spiro atoms. The molecule has 2 N–H and O–H groups in total. The van der Waals surface area contributed by atoms with E-state index in [0.717, 1.165) is 5.69 Å². The largest absolute Gasteiger partial charge is 3.00 e. The summed E-state index contributed by atoms with van der Waals surface area (Å²) in [5, 5.41) is 0. The third-order valence-electron chi connectivity index (χ3n) is 0.744. The Morgan fingerprint density at radius 2 is 1.42 bits per heavy atom. The average Bonchev–Trinajstić information content (AvgIpc) is 2.13. The molecule has 0 radical (unpaired) electrons. The van der Waals surface area contributed by atoms with Crippen molar-refractivity contribution in [1.29, 1.82) is 0 Å². The molecule has 0 amide bonds. The Kier molecular flexibility index (Phi) is 25.2. The van der Waals surface area contributed by atoms with Crippen molar-refractivity contribution in [2.24, 2.45) is 0 Å². The molecule has 0 saturated carbocycles. The first-order valence-electron chi connectivity index (χ1n) is 3.52. The summed E-state index contributed by atoms with van der Waals surface area (Å²) in [7, 11) is 0.